The number of nitrogens with one attached hydrogen (secondary N) is 1. The van der Waals surface area contributed by atoms with Gasteiger partial charge in [0.25, 0.3) is 0 Å². The molecule has 0 aliphatic carbocycles. The lowest BCUT2D eigenvalue weighted by molar-refractivity contribution is -0.147. The summed E-state index contributed by atoms with van der Waals surface area (Å²) in [4.78, 5) is 11.7. The second-order valence-corrected chi connectivity index (χ2v) is 4.25. The molecule has 2 atom stereocenters. The zero-order chi connectivity index (χ0) is 12.3. The van der Waals surface area contributed by atoms with Crippen LogP contribution in [0.3, 0.4) is 0 Å². The first-order valence-electron chi connectivity index (χ1n) is 5.77. The van der Waals surface area contributed by atoms with Crippen LogP contribution in [0.1, 0.15) is 17.9 Å². The number of carbonyl (C=O) groups excluding carboxylic acids is 1. The number of esters is 1. The fourth-order valence-corrected chi connectivity index (χ4v) is 2.39. The zero-order valence-electron chi connectivity index (χ0n) is 9.78. The van der Waals surface area contributed by atoms with Crippen LogP contribution in [0.25, 0.3) is 0 Å². The van der Waals surface area contributed by atoms with Crippen molar-refractivity contribution in [3.05, 3.63) is 35.6 Å². The van der Waals surface area contributed by atoms with E-state index < -0.39 is 0 Å². The molecule has 0 amide bonds. The van der Waals surface area contributed by atoms with Crippen LogP contribution in [0.2, 0.25) is 0 Å². The molecule has 4 heteroatoms. The minimum Gasteiger partial charge on any atom is -0.469 e. The molecule has 0 unspecified atom stereocenters. The maximum Gasteiger partial charge on any atom is 0.309 e. The van der Waals surface area contributed by atoms with Gasteiger partial charge in [0.2, 0.25) is 0 Å². The number of hydrogen-bond acceptors (Lipinski definition) is 3. The van der Waals surface area contributed by atoms with Crippen molar-refractivity contribution in [3.63, 3.8) is 0 Å². The Morgan fingerprint density at radius 1 is 1.47 bits per heavy atom. The van der Waals surface area contributed by atoms with Gasteiger partial charge in [0.15, 0.2) is 0 Å². The average molecular weight is 237 g/mol. The summed E-state index contributed by atoms with van der Waals surface area (Å²) >= 11 is 0. The smallest absolute Gasteiger partial charge is 0.309 e. The van der Waals surface area contributed by atoms with E-state index in [1.54, 1.807) is 18.2 Å². The van der Waals surface area contributed by atoms with Crippen molar-refractivity contribution in [2.24, 2.45) is 5.92 Å². The number of carbonyl (C=O) groups is 1. The van der Waals surface area contributed by atoms with Gasteiger partial charge in [-0.15, -0.1) is 0 Å². The van der Waals surface area contributed by atoms with Crippen molar-refractivity contribution >= 4 is 5.97 Å². The Morgan fingerprint density at radius 2 is 2.24 bits per heavy atom. The molecule has 17 heavy (non-hydrogen) atoms. The molecular weight excluding hydrogens is 221 g/mol. The van der Waals surface area contributed by atoms with Gasteiger partial charge in [0, 0.05) is 12.5 Å². The molecule has 0 saturated carbocycles. The summed E-state index contributed by atoms with van der Waals surface area (Å²) in [6.45, 7) is 1.38. The van der Waals surface area contributed by atoms with E-state index in [9.17, 15) is 9.18 Å². The Balaban J connectivity index is 2.28. The maximum atomic E-state index is 13.7. The molecule has 1 aliphatic heterocycles. The molecule has 2 rings (SSSR count). The summed E-state index contributed by atoms with van der Waals surface area (Å²) in [6.07, 6.45) is 0.686. The minimum atomic E-state index is -0.255. The molecule has 0 aromatic heterocycles. The van der Waals surface area contributed by atoms with Crippen LogP contribution in [0.4, 0.5) is 4.39 Å². The van der Waals surface area contributed by atoms with Crippen LogP contribution in [-0.2, 0) is 9.53 Å². The lowest BCUT2D eigenvalue weighted by atomic mass is 9.81. The van der Waals surface area contributed by atoms with E-state index in [1.807, 2.05) is 0 Å². The van der Waals surface area contributed by atoms with Crippen LogP contribution in [0, 0.1) is 11.7 Å². The van der Waals surface area contributed by atoms with Crippen LogP contribution < -0.4 is 5.32 Å². The molecule has 1 aromatic carbocycles. The molecule has 1 heterocycles. The van der Waals surface area contributed by atoms with E-state index >= 15 is 0 Å². The molecule has 92 valence electrons. The SMILES string of the molecule is COC(=O)[C@@H]1CCNC[C@H]1c1ccccc1F. The van der Waals surface area contributed by atoms with Crippen molar-refractivity contribution < 1.29 is 13.9 Å². The molecule has 0 spiro atoms. The van der Waals surface area contributed by atoms with Gasteiger partial charge in [0.05, 0.1) is 13.0 Å². The van der Waals surface area contributed by atoms with Crippen LogP contribution in [0.15, 0.2) is 24.3 Å². The van der Waals surface area contributed by atoms with E-state index in [4.69, 9.17) is 4.74 Å². The molecule has 1 N–H and O–H groups in total. The van der Waals surface area contributed by atoms with Crippen molar-refractivity contribution in [2.45, 2.75) is 12.3 Å². The number of rotatable bonds is 2. The van der Waals surface area contributed by atoms with Crippen molar-refractivity contribution in [1.82, 2.24) is 5.32 Å². The fourth-order valence-electron chi connectivity index (χ4n) is 2.39. The zero-order valence-corrected chi connectivity index (χ0v) is 9.78. The van der Waals surface area contributed by atoms with Gasteiger partial charge in [0.1, 0.15) is 5.82 Å². The van der Waals surface area contributed by atoms with Crippen LogP contribution >= 0.6 is 0 Å². The van der Waals surface area contributed by atoms with E-state index in [2.05, 4.69) is 5.32 Å². The molecule has 3 nitrogen and oxygen atoms in total. The number of halogens is 1. The Bertz CT molecular complexity index is 408. The van der Waals surface area contributed by atoms with Gasteiger partial charge in [-0.05, 0) is 24.6 Å². The number of hydrogen-bond donors (Lipinski definition) is 1. The molecule has 1 aliphatic rings. The van der Waals surface area contributed by atoms with Gasteiger partial charge in [-0.25, -0.2) is 4.39 Å². The highest BCUT2D eigenvalue weighted by Crippen LogP contribution is 2.31. The summed E-state index contributed by atoms with van der Waals surface area (Å²) in [5.74, 6) is -0.898. The molecular formula is C13H16FNO2. The second kappa shape index (κ2) is 5.27. The highest BCUT2D eigenvalue weighted by molar-refractivity contribution is 5.73. The standard InChI is InChI=1S/C13H16FNO2/c1-17-13(16)10-6-7-15-8-11(10)9-4-2-3-5-12(9)14/h2-5,10-11,15H,6-8H2,1H3/t10-,11+/m1/s1. The summed E-state index contributed by atoms with van der Waals surface area (Å²) in [6, 6.07) is 6.62. The largest absolute Gasteiger partial charge is 0.469 e. The Morgan fingerprint density at radius 3 is 2.94 bits per heavy atom. The second-order valence-electron chi connectivity index (χ2n) is 4.25. The first-order chi connectivity index (χ1) is 8.24. The highest BCUT2D eigenvalue weighted by atomic mass is 19.1. The van der Waals surface area contributed by atoms with Gasteiger partial charge in [-0.2, -0.15) is 0 Å². The number of ether oxygens (including phenoxy) is 1. The Kier molecular flexibility index (Phi) is 3.74. The van der Waals surface area contributed by atoms with Crippen molar-refractivity contribution in [2.75, 3.05) is 20.2 Å². The summed E-state index contributed by atoms with van der Waals surface area (Å²) in [5.41, 5.74) is 0.593. The summed E-state index contributed by atoms with van der Waals surface area (Å²) in [5, 5.41) is 3.20. The fraction of sp³-hybridized carbons (Fsp3) is 0.462. The average Bonchev–Trinajstić information content (AvgIpc) is 2.38. The molecule has 1 aromatic rings. The highest BCUT2D eigenvalue weighted by Gasteiger charge is 2.33. The van der Waals surface area contributed by atoms with E-state index in [-0.39, 0.29) is 23.6 Å². The van der Waals surface area contributed by atoms with E-state index in [1.165, 1.54) is 13.2 Å². The Hall–Kier alpha value is -1.42. The maximum absolute atomic E-state index is 13.7. The van der Waals surface area contributed by atoms with Crippen LogP contribution in [-0.4, -0.2) is 26.2 Å². The van der Waals surface area contributed by atoms with Crippen molar-refractivity contribution in [1.29, 1.82) is 0 Å². The van der Waals surface area contributed by atoms with Gasteiger partial charge in [-0.3, -0.25) is 4.79 Å². The Labute approximate surface area is 100.0 Å². The molecule has 0 radical (unpaired) electrons. The molecule has 1 saturated heterocycles. The predicted octanol–water partition coefficient (Wildman–Crippen LogP) is 1.69. The topological polar surface area (TPSA) is 38.3 Å². The lowest BCUT2D eigenvalue weighted by Gasteiger charge is -2.30. The van der Waals surface area contributed by atoms with E-state index in [0.29, 0.717) is 18.5 Å². The van der Waals surface area contributed by atoms with Gasteiger partial charge >= 0.3 is 5.97 Å². The molecule has 0 bridgehead atoms. The van der Waals surface area contributed by atoms with Gasteiger partial charge in [-0.1, -0.05) is 18.2 Å². The first kappa shape index (κ1) is 12.0. The monoisotopic (exact) mass is 237 g/mol. The normalized spacial score (nSPS) is 24.4. The number of benzene rings is 1. The minimum absolute atomic E-state index is 0.141. The number of methoxy groups -OCH3 is 1. The summed E-state index contributed by atoms with van der Waals surface area (Å²) < 4.78 is 18.5. The number of piperidine rings is 1. The van der Waals surface area contributed by atoms with E-state index in [0.717, 1.165) is 6.54 Å². The summed E-state index contributed by atoms with van der Waals surface area (Å²) in [7, 11) is 1.38. The third kappa shape index (κ3) is 2.47. The quantitative estimate of drug-likeness (QED) is 0.795. The van der Waals surface area contributed by atoms with Crippen molar-refractivity contribution in [3.8, 4) is 0 Å². The van der Waals surface area contributed by atoms with Crippen LogP contribution in [0.5, 0.6) is 0 Å². The predicted molar refractivity (Wildman–Crippen MR) is 62.1 cm³/mol. The third-order valence-electron chi connectivity index (χ3n) is 3.29. The first-order valence-corrected chi connectivity index (χ1v) is 5.77. The van der Waals surface area contributed by atoms with Gasteiger partial charge < -0.3 is 10.1 Å². The third-order valence-corrected chi connectivity index (χ3v) is 3.29. The lowest BCUT2D eigenvalue weighted by Crippen LogP contribution is -2.39. The molecule has 1 fully saturated rings.